The van der Waals surface area contributed by atoms with Gasteiger partial charge in [-0.25, -0.2) is 8.42 Å². The van der Waals surface area contributed by atoms with Gasteiger partial charge < -0.3 is 9.32 Å². The van der Waals surface area contributed by atoms with Crippen LogP contribution in [0, 0.1) is 0 Å². The van der Waals surface area contributed by atoms with Crippen molar-refractivity contribution in [1.82, 2.24) is 4.90 Å². The molecule has 0 spiro atoms. The van der Waals surface area contributed by atoms with Gasteiger partial charge in [-0.3, -0.25) is 4.79 Å². The predicted molar refractivity (Wildman–Crippen MR) is 89.9 cm³/mol. The second-order valence-electron chi connectivity index (χ2n) is 5.45. The lowest BCUT2D eigenvalue weighted by Gasteiger charge is -2.18. The molecule has 0 aliphatic carbocycles. The lowest BCUT2D eigenvalue weighted by atomic mass is 10.1. The van der Waals surface area contributed by atoms with Gasteiger partial charge in [-0.1, -0.05) is 30.3 Å². The highest BCUT2D eigenvalue weighted by Crippen LogP contribution is 2.29. The normalized spacial score (nSPS) is 20.9. The molecule has 1 aromatic heterocycles. The Morgan fingerprint density at radius 2 is 1.87 bits per heavy atom. The zero-order valence-electron chi connectivity index (χ0n) is 12.3. The van der Waals surface area contributed by atoms with Crippen LogP contribution in [0.25, 0.3) is 0 Å². The quantitative estimate of drug-likeness (QED) is 0.780. The molecular weight excluding hydrogens is 382 g/mol. The first kappa shape index (κ1) is 16.3. The highest BCUT2D eigenvalue weighted by atomic mass is 79.9. The smallest absolute Gasteiger partial charge is 0.289 e. The number of hydrogen-bond donors (Lipinski definition) is 0. The van der Waals surface area contributed by atoms with Crippen LogP contribution in [0.2, 0.25) is 0 Å². The summed E-state index contributed by atoms with van der Waals surface area (Å²) in [5.74, 6) is -0.104. The van der Waals surface area contributed by atoms with E-state index in [-0.39, 0.29) is 24.0 Å². The molecule has 1 aliphatic rings. The SMILES string of the molecule is O=C(c1ccc(Br)o1)N1CC[C@@H](c2ccccc2)S(=O)(=O)CC1. The summed E-state index contributed by atoms with van der Waals surface area (Å²) in [4.78, 5) is 14.0. The van der Waals surface area contributed by atoms with Crippen LogP contribution in [-0.4, -0.2) is 38.1 Å². The number of halogens is 1. The highest BCUT2D eigenvalue weighted by molar-refractivity contribution is 9.10. The van der Waals surface area contributed by atoms with E-state index in [1.54, 1.807) is 17.0 Å². The van der Waals surface area contributed by atoms with Gasteiger partial charge in [0.2, 0.25) is 0 Å². The van der Waals surface area contributed by atoms with Gasteiger partial charge >= 0.3 is 0 Å². The molecule has 0 N–H and O–H groups in total. The lowest BCUT2D eigenvalue weighted by Crippen LogP contribution is -2.33. The van der Waals surface area contributed by atoms with Gasteiger partial charge in [0.15, 0.2) is 20.3 Å². The highest BCUT2D eigenvalue weighted by Gasteiger charge is 2.33. The van der Waals surface area contributed by atoms with Crippen molar-refractivity contribution in [2.75, 3.05) is 18.8 Å². The molecular formula is C16H16BrNO4S. The maximum absolute atomic E-state index is 12.5. The van der Waals surface area contributed by atoms with Crippen molar-refractivity contribution in [2.24, 2.45) is 0 Å². The molecule has 0 radical (unpaired) electrons. The van der Waals surface area contributed by atoms with Gasteiger partial charge in [0.25, 0.3) is 5.91 Å². The molecule has 1 aliphatic heterocycles. The largest absolute Gasteiger partial charge is 0.444 e. The summed E-state index contributed by atoms with van der Waals surface area (Å²) in [7, 11) is -3.29. The third-order valence-electron chi connectivity index (χ3n) is 3.98. The zero-order chi connectivity index (χ0) is 16.4. The number of hydrogen-bond acceptors (Lipinski definition) is 4. The Morgan fingerprint density at radius 3 is 2.52 bits per heavy atom. The van der Waals surface area contributed by atoms with Crippen LogP contribution in [-0.2, 0) is 9.84 Å². The van der Waals surface area contributed by atoms with Crippen molar-refractivity contribution in [3.05, 3.63) is 58.5 Å². The summed E-state index contributed by atoms with van der Waals surface area (Å²) >= 11 is 3.16. The summed E-state index contributed by atoms with van der Waals surface area (Å²) < 4.78 is 30.8. The Balaban J connectivity index is 1.81. The van der Waals surface area contributed by atoms with E-state index in [4.69, 9.17) is 4.42 Å². The van der Waals surface area contributed by atoms with Crippen molar-refractivity contribution < 1.29 is 17.6 Å². The van der Waals surface area contributed by atoms with E-state index in [9.17, 15) is 13.2 Å². The second-order valence-corrected chi connectivity index (χ2v) is 8.54. The maximum atomic E-state index is 12.5. The fourth-order valence-corrected chi connectivity index (χ4v) is 4.88. The summed E-state index contributed by atoms with van der Waals surface area (Å²) in [6.45, 7) is 0.568. The Kier molecular flexibility index (Phi) is 4.59. The minimum atomic E-state index is -3.29. The van der Waals surface area contributed by atoms with Gasteiger partial charge in [-0.15, -0.1) is 0 Å². The molecule has 1 atom stereocenters. The van der Waals surface area contributed by atoms with Crippen molar-refractivity contribution in [3.63, 3.8) is 0 Å². The van der Waals surface area contributed by atoms with Crippen LogP contribution in [0.4, 0.5) is 0 Å². The summed E-state index contributed by atoms with van der Waals surface area (Å²) in [5, 5.41) is -0.565. The molecule has 122 valence electrons. The standard InChI is InChI=1S/C16H16BrNO4S/c17-15-7-6-13(22-15)16(19)18-9-8-14(23(20,21)11-10-18)12-4-2-1-3-5-12/h1-7,14H,8-11H2/t14-/m0/s1. The van der Waals surface area contributed by atoms with Crippen LogP contribution in [0.15, 0.2) is 51.6 Å². The van der Waals surface area contributed by atoms with E-state index < -0.39 is 15.1 Å². The topological polar surface area (TPSA) is 67.6 Å². The average Bonchev–Trinajstić information content (AvgIpc) is 2.90. The van der Waals surface area contributed by atoms with Crippen LogP contribution in [0.5, 0.6) is 0 Å². The molecule has 0 unspecified atom stereocenters. The molecule has 23 heavy (non-hydrogen) atoms. The fourth-order valence-electron chi connectivity index (χ4n) is 2.77. The maximum Gasteiger partial charge on any atom is 0.289 e. The van der Waals surface area contributed by atoms with Gasteiger partial charge in [0, 0.05) is 13.1 Å². The van der Waals surface area contributed by atoms with Crippen LogP contribution in [0.3, 0.4) is 0 Å². The zero-order valence-corrected chi connectivity index (χ0v) is 14.7. The first-order valence-electron chi connectivity index (χ1n) is 7.28. The van der Waals surface area contributed by atoms with Crippen molar-refractivity contribution >= 4 is 31.7 Å². The Labute approximate surface area is 143 Å². The van der Waals surface area contributed by atoms with Crippen molar-refractivity contribution in [2.45, 2.75) is 11.7 Å². The fraction of sp³-hybridized carbons (Fsp3) is 0.312. The van der Waals surface area contributed by atoms with Crippen LogP contribution in [0.1, 0.15) is 27.8 Å². The third kappa shape index (κ3) is 3.50. The van der Waals surface area contributed by atoms with E-state index in [0.29, 0.717) is 17.6 Å². The van der Waals surface area contributed by atoms with Gasteiger partial charge in [-0.05, 0) is 40.0 Å². The van der Waals surface area contributed by atoms with E-state index in [0.717, 1.165) is 5.56 Å². The molecule has 3 rings (SSSR count). The van der Waals surface area contributed by atoms with Gasteiger partial charge in [0.1, 0.15) is 0 Å². The van der Waals surface area contributed by atoms with Crippen LogP contribution >= 0.6 is 15.9 Å². The van der Waals surface area contributed by atoms with Crippen molar-refractivity contribution in [3.8, 4) is 0 Å². The van der Waals surface area contributed by atoms with Gasteiger partial charge in [-0.2, -0.15) is 0 Å². The first-order chi connectivity index (χ1) is 11.0. The number of rotatable bonds is 2. The van der Waals surface area contributed by atoms with E-state index in [2.05, 4.69) is 15.9 Å². The summed E-state index contributed by atoms with van der Waals surface area (Å²) in [6.07, 6.45) is 0.389. The number of sulfone groups is 1. The number of benzene rings is 1. The molecule has 1 fully saturated rings. The Hall–Kier alpha value is -1.60. The van der Waals surface area contributed by atoms with Gasteiger partial charge in [0.05, 0.1) is 11.0 Å². The molecule has 2 heterocycles. The third-order valence-corrected chi connectivity index (χ3v) is 6.54. The summed E-state index contributed by atoms with van der Waals surface area (Å²) in [6, 6.07) is 12.4. The minimum absolute atomic E-state index is 0.0415. The number of nitrogens with zero attached hydrogens (tertiary/aromatic N) is 1. The average molecular weight is 398 g/mol. The Bertz CT molecular complexity index is 800. The lowest BCUT2D eigenvalue weighted by molar-refractivity contribution is 0.0733. The molecule has 1 aromatic carbocycles. The predicted octanol–water partition coefficient (Wildman–Crippen LogP) is 3.04. The number of carbonyl (C=O) groups is 1. The van der Waals surface area contributed by atoms with Crippen molar-refractivity contribution in [1.29, 1.82) is 0 Å². The molecule has 2 aromatic rings. The van der Waals surface area contributed by atoms with E-state index >= 15 is 0 Å². The second kappa shape index (κ2) is 6.49. The monoisotopic (exact) mass is 397 g/mol. The number of carbonyl (C=O) groups excluding carboxylic acids is 1. The summed E-state index contributed by atoms with van der Waals surface area (Å²) in [5.41, 5.74) is 0.780. The van der Waals surface area contributed by atoms with E-state index in [1.807, 2.05) is 30.3 Å². The number of amides is 1. The van der Waals surface area contributed by atoms with Crippen LogP contribution < -0.4 is 0 Å². The number of furan rings is 1. The molecule has 0 saturated carbocycles. The first-order valence-corrected chi connectivity index (χ1v) is 9.79. The molecule has 1 amide bonds. The van der Waals surface area contributed by atoms with E-state index in [1.165, 1.54) is 0 Å². The molecule has 5 nitrogen and oxygen atoms in total. The Morgan fingerprint density at radius 1 is 1.13 bits per heavy atom. The molecule has 7 heteroatoms. The minimum Gasteiger partial charge on any atom is -0.444 e. The molecule has 0 bridgehead atoms. The molecule has 1 saturated heterocycles.